The molecule has 0 amide bonds. The van der Waals surface area contributed by atoms with E-state index in [1.165, 1.54) is 11.8 Å². The maximum atomic E-state index is 14.1. The Labute approximate surface area is 189 Å². The fourth-order valence-electron chi connectivity index (χ4n) is 4.44. The highest BCUT2D eigenvalue weighted by Gasteiger charge is 2.27. The van der Waals surface area contributed by atoms with E-state index in [4.69, 9.17) is 9.73 Å². The zero-order valence-corrected chi connectivity index (χ0v) is 18.9. The van der Waals surface area contributed by atoms with Crippen molar-refractivity contribution in [2.24, 2.45) is 10.9 Å². The predicted octanol–water partition coefficient (Wildman–Crippen LogP) is 2.89. The van der Waals surface area contributed by atoms with E-state index in [2.05, 4.69) is 39.6 Å². The Bertz CT molecular complexity index is 923. The van der Waals surface area contributed by atoms with E-state index in [-0.39, 0.29) is 11.9 Å². The minimum atomic E-state index is -0.268. The van der Waals surface area contributed by atoms with Gasteiger partial charge in [0.05, 0.1) is 7.11 Å². The molecular formula is C24H33FN6O. The summed E-state index contributed by atoms with van der Waals surface area (Å²) in [6.07, 6.45) is 3.69. The number of hydrogen-bond acceptors (Lipinski definition) is 5. The van der Waals surface area contributed by atoms with Crippen molar-refractivity contribution in [3.63, 3.8) is 0 Å². The monoisotopic (exact) mass is 440 g/mol. The van der Waals surface area contributed by atoms with Crippen molar-refractivity contribution in [2.75, 3.05) is 56.2 Å². The first-order valence-corrected chi connectivity index (χ1v) is 11.5. The molecular weight excluding hydrogens is 407 g/mol. The molecule has 1 aromatic carbocycles. The van der Waals surface area contributed by atoms with Crippen LogP contribution in [0.15, 0.2) is 47.6 Å². The van der Waals surface area contributed by atoms with Crippen LogP contribution < -0.4 is 25.2 Å². The van der Waals surface area contributed by atoms with Crippen LogP contribution in [-0.2, 0) is 0 Å². The van der Waals surface area contributed by atoms with E-state index in [0.717, 1.165) is 57.3 Å². The van der Waals surface area contributed by atoms with Crippen LogP contribution in [0.5, 0.6) is 5.75 Å². The number of halogens is 1. The van der Waals surface area contributed by atoms with Crippen LogP contribution in [0.1, 0.15) is 19.8 Å². The molecule has 8 heteroatoms. The lowest BCUT2D eigenvalue weighted by atomic mass is 10.1. The van der Waals surface area contributed by atoms with E-state index in [9.17, 15) is 4.39 Å². The van der Waals surface area contributed by atoms with Gasteiger partial charge in [-0.3, -0.25) is 4.99 Å². The molecule has 0 spiro atoms. The van der Waals surface area contributed by atoms with Crippen LogP contribution in [0.2, 0.25) is 0 Å². The van der Waals surface area contributed by atoms with Gasteiger partial charge in [0, 0.05) is 63.3 Å². The lowest BCUT2D eigenvalue weighted by molar-refractivity contribution is 0.415. The summed E-state index contributed by atoms with van der Waals surface area (Å²) in [5.74, 6) is 2.40. The number of pyridine rings is 1. The van der Waals surface area contributed by atoms with Gasteiger partial charge in [-0.2, -0.15) is 0 Å². The van der Waals surface area contributed by atoms with Gasteiger partial charge in [-0.05, 0) is 49.9 Å². The van der Waals surface area contributed by atoms with Crippen molar-refractivity contribution in [2.45, 2.75) is 25.8 Å². The first-order valence-electron chi connectivity index (χ1n) is 11.5. The zero-order valence-electron chi connectivity index (χ0n) is 18.9. The fourth-order valence-corrected chi connectivity index (χ4v) is 4.44. The Balaban J connectivity index is 1.31. The molecule has 0 bridgehead atoms. The van der Waals surface area contributed by atoms with Gasteiger partial charge in [-0.15, -0.1) is 0 Å². The van der Waals surface area contributed by atoms with Crippen molar-refractivity contribution >= 4 is 17.5 Å². The smallest absolute Gasteiger partial charge is 0.191 e. The molecule has 2 fully saturated rings. The average molecular weight is 441 g/mol. The second-order valence-electron chi connectivity index (χ2n) is 8.41. The molecule has 2 atom stereocenters. The van der Waals surface area contributed by atoms with E-state index < -0.39 is 0 Å². The molecule has 4 rings (SSSR count). The Kier molecular flexibility index (Phi) is 7.29. The lowest BCUT2D eigenvalue weighted by Gasteiger charge is -2.20. The minimum Gasteiger partial charge on any atom is -0.497 e. The highest BCUT2D eigenvalue weighted by molar-refractivity contribution is 5.80. The number of anilines is 2. The Morgan fingerprint density at radius 2 is 2.06 bits per heavy atom. The number of ether oxygens (including phenoxy) is 1. The average Bonchev–Trinajstić information content (AvgIpc) is 3.48. The zero-order chi connectivity index (χ0) is 22.3. The molecule has 2 N–H and O–H groups in total. The van der Waals surface area contributed by atoms with Gasteiger partial charge in [0.25, 0.3) is 0 Å². The topological polar surface area (TPSA) is 65.0 Å². The molecule has 2 aliphatic heterocycles. The van der Waals surface area contributed by atoms with Gasteiger partial charge in [-0.1, -0.05) is 6.07 Å². The number of benzene rings is 1. The van der Waals surface area contributed by atoms with Gasteiger partial charge >= 0.3 is 0 Å². The molecule has 0 saturated carbocycles. The second-order valence-corrected chi connectivity index (χ2v) is 8.41. The van der Waals surface area contributed by atoms with Crippen LogP contribution in [-0.4, -0.2) is 63.4 Å². The molecule has 0 aliphatic carbocycles. The van der Waals surface area contributed by atoms with E-state index in [0.29, 0.717) is 18.3 Å². The maximum Gasteiger partial charge on any atom is 0.191 e. The van der Waals surface area contributed by atoms with Crippen molar-refractivity contribution in [3.8, 4) is 5.75 Å². The third-order valence-electron chi connectivity index (χ3n) is 6.12. The van der Waals surface area contributed by atoms with E-state index >= 15 is 0 Å². The van der Waals surface area contributed by atoms with Crippen LogP contribution in [0.25, 0.3) is 0 Å². The summed E-state index contributed by atoms with van der Waals surface area (Å²) in [6.45, 7) is 7.17. The maximum absolute atomic E-state index is 14.1. The summed E-state index contributed by atoms with van der Waals surface area (Å²) in [4.78, 5) is 13.5. The minimum absolute atomic E-state index is 0.214. The standard InChI is InChI=1S/C24H33FN6O/c1-3-26-24(29-19-10-13-31(17-19)23-22(25)8-5-11-27-23)28-15-18-9-12-30(16-18)20-6-4-7-21(14-20)32-2/h4-8,11,14,18-19H,3,9-10,12-13,15-17H2,1-2H3,(H2,26,28,29). The lowest BCUT2D eigenvalue weighted by Crippen LogP contribution is -2.45. The largest absolute Gasteiger partial charge is 0.497 e. The summed E-state index contributed by atoms with van der Waals surface area (Å²) >= 11 is 0. The number of nitrogens with zero attached hydrogens (tertiary/aromatic N) is 4. The quantitative estimate of drug-likeness (QED) is 0.510. The van der Waals surface area contributed by atoms with Crippen molar-refractivity contribution in [1.29, 1.82) is 0 Å². The van der Waals surface area contributed by atoms with Crippen molar-refractivity contribution < 1.29 is 9.13 Å². The molecule has 1 aromatic heterocycles. The van der Waals surface area contributed by atoms with Crippen LogP contribution >= 0.6 is 0 Å². The molecule has 3 heterocycles. The molecule has 172 valence electrons. The first-order chi connectivity index (χ1) is 15.7. The number of hydrogen-bond donors (Lipinski definition) is 2. The van der Waals surface area contributed by atoms with Gasteiger partial charge in [0.1, 0.15) is 5.75 Å². The summed E-state index contributed by atoms with van der Waals surface area (Å²) in [5.41, 5.74) is 1.20. The number of guanidine groups is 1. The first kappa shape index (κ1) is 22.2. The Morgan fingerprint density at radius 1 is 1.19 bits per heavy atom. The molecule has 2 aromatic rings. The number of aliphatic imine (C=N–C) groups is 1. The van der Waals surface area contributed by atoms with Gasteiger partial charge in [-0.25, -0.2) is 9.37 Å². The van der Waals surface area contributed by atoms with E-state index in [1.54, 1.807) is 19.4 Å². The van der Waals surface area contributed by atoms with Gasteiger partial charge in [0.2, 0.25) is 0 Å². The SMILES string of the molecule is CCNC(=NCC1CCN(c2cccc(OC)c2)C1)NC1CCN(c2ncccc2F)C1. The fraction of sp³-hybridized carbons (Fsp3) is 0.500. The van der Waals surface area contributed by atoms with Crippen LogP contribution in [0.3, 0.4) is 0 Å². The molecule has 0 radical (unpaired) electrons. The number of nitrogens with one attached hydrogen (secondary N) is 2. The summed E-state index contributed by atoms with van der Waals surface area (Å²) < 4.78 is 19.4. The molecule has 7 nitrogen and oxygen atoms in total. The predicted molar refractivity (Wildman–Crippen MR) is 127 cm³/mol. The molecule has 2 saturated heterocycles. The number of aromatic nitrogens is 1. The second kappa shape index (κ2) is 10.5. The summed E-state index contributed by atoms with van der Waals surface area (Å²) in [6, 6.07) is 11.5. The summed E-state index contributed by atoms with van der Waals surface area (Å²) in [5, 5.41) is 6.89. The van der Waals surface area contributed by atoms with Crippen molar-refractivity contribution in [1.82, 2.24) is 15.6 Å². The highest BCUT2D eigenvalue weighted by Crippen LogP contribution is 2.27. The summed E-state index contributed by atoms with van der Waals surface area (Å²) in [7, 11) is 1.70. The van der Waals surface area contributed by atoms with Gasteiger partial charge in [0.15, 0.2) is 17.6 Å². The third kappa shape index (κ3) is 5.41. The number of rotatable bonds is 7. The molecule has 2 unspecified atom stereocenters. The molecule has 2 aliphatic rings. The van der Waals surface area contributed by atoms with Crippen LogP contribution in [0, 0.1) is 11.7 Å². The van der Waals surface area contributed by atoms with E-state index in [1.807, 2.05) is 17.0 Å². The third-order valence-corrected chi connectivity index (χ3v) is 6.12. The Hall–Kier alpha value is -3.03. The van der Waals surface area contributed by atoms with Gasteiger partial charge < -0.3 is 25.2 Å². The Morgan fingerprint density at radius 3 is 2.88 bits per heavy atom. The normalized spacial score (nSPS) is 21.2. The number of methoxy groups -OCH3 is 1. The highest BCUT2D eigenvalue weighted by atomic mass is 19.1. The van der Waals surface area contributed by atoms with Crippen molar-refractivity contribution in [3.05, 3.63) is 48.4 Å². The van der Waals surface area contributed by atoms with Crippen LogP contribution in [0.4, 0.5) is 15.9 Å². The molecule has 32 heavy (non-hydrogen) atoms.